The van der Waals surface area contributed by atoms with E-state index in [9.17, 15) is 18.0 Å². The predicted molar refractivity (Wildman–Crippen MR) is 64.1 cm³/mol. The van der Waals surface area contributed by atoms with E-state index in [-0.39, 0.29) is 19.4 Å². The Labute approximate surface area is 111 Å². The molecule has 0 aromatic heterocycles. The SMILES string of the molecule is CCOC(=O)CCc1cc(Br)cc(C(F)(F)F)c1. The van der Waals surface area contributed by atoms with Crippen LogP contribution in [0.3, 0.4) is 0 Å². The number of esters is 1. The highest BCUT2D eigenvalue weighted by Crippen LogP contribution is 2.32. The monoisotopic (exact) mass is 324 g/mol. The van der Waals surface area contributed by atoms with Gasteiger partial charge in [-0.1, -0.05) is 15.9 Å². The summed E-state index contributed by atoms with van der Waals surface area (Å²) in [4.78, 5) is 11.1. The van der Waals surface area contributed by atoms with Gasteiger partial charge in [0.2, 0.25) is 0 Å². The molecule has 2 nitrogen and oxygen atoms in total. The van der Waals surface area contributed by atoms with Crippen molar-refractivity contribution in [2.75, 3.05) is 6.61 Å². The Morgan fingerprint density at radius 2 is 2.00 bits per heavy atom. The molecule has 0 spiro atoms. The molecule has 0 amide bonds. The number of aryl methyl sites for hydroxylation is 1. The first kappa shape index (κ1) is 15.0. The lowest BCUT2D eigenvalue weighted by Crippen LogP contribution is -2.08. The maximum atomic E-state index is 12.6. The number of hydrogen-bond donors (Lipinski definition) is 0. The van der Waals surface area contributed by atoms with Crippen molar-refractivity contribution >= 4 is 21.9 Å². The minimum Gasteiger partial charge on any atom is -0.466 e. The Hall–Kier alpha value is -1.04. The molecule has 0 aliphatic rings. The van der Waals surface area contributed by atoms with Crippen molar-refractivity contribution in [2.24, 2.45) is 0 Å². The van der Waals surface area contributed by atoms with Gasteiger partial charge in [-0.05, 0) is 37.1 Å². The van der Waals surface area contributed by atoms with Gasteiger partial charge in [-0.3, -0.25) is 4.79 Å². The van der Waals surface area contributed by atoms with Crippen LogP contribution in [0.5, 0.6) is 0 Å². The van der Waals surface area contributed by atoms with Gasteiger partial charge in [-0.15, -0.1) is 0 Å². The summed E-state index contributed by atoms with van der Waals surface area (Å²) < 4.78 is 42.7. The summed E-state index contributed by atoms with van der Waals surface area (Å²) in [6.45, 7) is 1.95. The lowest BCUT2D eigenvalue weighted by Gasteiger charge is -2.10. The van der Waals surface area contributed by atoms with Crippen LogP contribution in [0.25, 0.3) is 0 Å². The summed E-state index contributed by atoms with van der Waals surface area (Å²) in [5, 5.41) is 0. The standard InChI is InChI=1S/C12H12BrF3O2/c1-2-18-11(17)4-3-8-5-9(12(14,15)16)7-10(13)6-8/h5-7H,2-4H2,1H3. The number of alkyl halides is 3. The first-order valence-corrected chi connectivity index (χ1v) is 6.14. The molecule has 0 bridgehead atoms. The van der Waals surface area contributed by atoms with Crippen LogP contribution in [0.4, 0.5) is 13.2 Å². The third-order valence-corrected chi connectivity index (χ3v) is 2.67. The topological polar surface area (TPSA) is 26.3 Å². The number of carbonyl (C=O) groups is 1. The quantitative estimate of drug-likeness (QED) is 0.783. The molecule has 0 fully saturated rings. The third kappa shape index (κ3) is 4.68. The van der Waals surface area contributed by atoms with E-state index in [1.165, 1.54) is 0 Å². The van der Waals surface area contributed by atoms with E-state index in [1.54, 1.807) is 13.0 Å². The van der Waals surface area contributed by atoms with Gasteiger partial charge in [-0.25, -0.2) is 0 Å². The fourth-order valence-corrected chi connectivity index (χ4v) is 1.98. The predicted octanol–water partition coefficient (Wildman–Crippen LogP) is 3.96. The number of halogens is 4. The number of hydrogen-bond acceptors (Lipinski definition) is 2. The van der Waals surface area contributed by atoms with Gasteiger partial charge in [-0.2, -0.15) is 13.2 Å². The highest BCUT2D eigenvalue weighted by atomic mass is 79.9. The van der Waals surface area contributed by atoms with Crippen LogP contribution in [0.1, 0.15) is 24.5 Å². The molecular weight excluding hydrogens is 313 g/mol. The largest absolute Gasteiger partial charge is 0.466 e. The molecule has 0 aliphatic heterocycles. The fraction of sp³-hybridized carbons (Fsp3) is 0.417. The van der Waals surface area contributed by atoms with Crippen LogP contribution in [-0.2, 0) is 22.1 Å². The number of rotatable bonds is 4. The summed E-state index contributed by atoms with van der Waals surface area (Å²) in [7, 11) is 0. The molecule has 0 atom stereocenters. The Balaban J connectivity index is 2.78. The molecule has 0 aliphatic carbocycles. The van der Waals surface area contributed by atoms with Gasteiger partial charge in [0.25, 0.3) is 0 Å². The summed E-state index contributed by atoms with van der Waals surface area (Å²) in [6, 6.07) is 3.62. The molecule has 0 saturated heterocycles. The minimum absolute atomic E-state index is 0.0710. The lowest BCUT2D eigenvalue weighted by molar-refractivity contribution is -0.143. The van der Waals surface area contributed by atoms with Crippen LogP contribution in [0.15, 0.2) is 22.7 Å². The molecule has 0 saturated carbocycles. The normalized spacial score (nSPS) is 11.4. The number of carbonyl (C=O) groups excluding carboxylic acids is 1. The van der Waals surface area contributed by atoms with Gasteiger partial charge in [0, 0.05) is 10.9 Å². The molecule has 6 heteroatoms. The van der Waals surface area contributed by atoms with Gasteiger partial charge in [0.05, 0.1) is 12.2 Å². The van der Waals surface area contributed by atoms with Gasteiger partial charge >= 0.3 is 12.1 Å². The van der Waals surface area contributed by atoms with E-state index in [1.807, 2.05) is 0 Å². The van der Waals surface area contributed by atoms with Crippen LogP contribution in [-0.4, -0.2) is 12.6 Å². The zero-order valence-corrected chi connectivity index (χ0v) is 11.3. The second-order valence-electron chi connectivity index (χ2n) is 3.65. The molecule has 18 heavy (non-hydrogen) atoms. The maximum Gasteiger partial charge on any atom is 0.416 e. The number of ether oxygens (including phenoxy) is 1. The summed E-state index contributed by atoms with van der Waals surface area (Å²) in [6.07, 6.45) is -4.09. The number of benzene rings is 1. The second kappa shape index (κ2) is 6.22. The molecule has 0 heterocycles. The third-order valence-electron chi connectivity index (χ3n) is 2.21. The summed E-state index contributed by atoms with van der Waals surface area (Å²) in [5.74, 6) is -0.411. The lowest BCUT2D eigenvalue weighted by atomic mass is 10.1. The van der Waals surface area contributed by atoms with Crippen LogP contribution in [0.2, 0.25) is 0 Å². The van der Waals surface area contributed by atoms with Crippen molar-refractivity contribution in [3.8, 4) is 0 Å². The highest BCUT2D eigenvalue weighted by molar-refractivity contribution is 9.10. The molecule has 1 rings (SSSR count). The van der Waals surface area contributed by atoms with Crippen molar-refractivity contribution in [3.05, 3.63) is 33.8 Å². The van der Waals surface area contributed by atoms with E-state index < -0.39 is 17.7 Å². The minimum atomic E-state index is -4.39. The van der Waals surface area contributed by atoms with Crippen LogP contribution >= 0.6 is 15.9 Å². The average Bonchev–Trinajstić information content (AvgIpc) is 2.25. The molecule has 1 aromatic carbocycles. The van der Waals surface area contributed by atoms with E-state index in [2.05, 4.69) is 15.9 Å². The van der Waals surface area contributed by atoms with Crippen molar-refractivity contribution in [1.82, 2.24) is 0 Å². The van der Waals surface area contributed by atoms with Crippen molar-refractivity contribution in [1.29, 1.82) is 0 Å². The Kier molecular flexibility index (Phi) is 5.19. The smallest absolute Gasteiger partial charge is 0.416 e. The zero-order valence-electron chi connectivity index (χ0n) is 9.68. The molecule has 100 valence electrons. The Bertz CT molecular complexity index is 430. The second-order valence-corrected chi connectivity index (χ2v) is 4.57. The van der Waals surface area contributed by atoms with E-state index in [0.29, 0.717) is 10.0 Å². The Morgan fingerprint density at radius 1 is 1.33 bits per heavy atom. The Morgan fingerprint density at radius 3 is 2.56 bits per heavy atom. The molecule has 1 aromatic rings. The van der Waals surface area contributed by atoms with Crippen LogP contribution < -0.4 is 0 Å². The van der Waals surface area contributed by atoms with Crippen LogP contribution in [0, 0.1) is 0 Å². The van der Waals surface area contributed by atoms with Crippen molar-refractivity contribution in [2.45, 2.75) is 25.9 Å². The van der Waals surface area contributed by atoms with E-state index in [4.69, 9.17) is 4.74 Å². The molecular formula is C12H12BrF3O2. The first-order valence-electron chi connectivity index (χ1n) is 5.35. The highest BCUT2D eigenvalue weighted by Gasteiger charge is 2.31. The van der Waals surface area contributed by atoms with E-state index >= 15 is 0 Å². The summed E-state index contributed by atoms with van der Waals surface area (Å²) >= 11 is 3.03. The molecule has 0 unspecified atom stereocenters. The van der Waals surface area contributed by atoms with Gasteiger partial charge in [0.1, 0.15) is 0 Å². The van der Waals surface area contributed by atoms with E-state index in [0.717, 1.165) is 12.1 Å². The van der Waals surface area contributed by atoms with Gasteiger partial charge < -0.3 is 4.74 Å². The zero-order chi connectivity index (χ0) is 13.8. The average molecular weight is 325 g/mol. The molecule has 0 N–H and O–H groups in total. The first-order chi connectivity index (χ1) is 8.32. The molecule has 0 radical (unpaired) electrons. The fourth-order valence-electron chi connectivity index (χ4n) is 1.44. The maximum absolute atomic E-state index is 12.6. The van der Waals surface area contributed by atoms with Crippen molar-refractivity contribution < 1.29 is 22.7 Å². The van der Waals surface area contributed by atoms with Gasteiger partial charge in [0.15, 0.2) is 0 Å². The van der Waals surface area contributed by atoms with Crippen molar-refractivity contribution in [3.63, 3.8) is 0 Å². The summed E-state index contributed by atoms with van der Waals surface area (Å²) in [5.41, 5.74) is -0.277.